The summed E-state index contributed by atoms with van der Waals surface area (Å²) in [6.07, 6.45) is 1.54. The van der Waals surface area contributed by atoms with Gasteiger partial charge in [-0.25, -0.2) is 0 Å². The lowest BCUT2D eigenvalue weighted by Crippen LogP contribution is -2.47. The standard InChI is InChI=1S/C12H24O2/c1-9(2)7-12(13)8-10(3,4)14-11(12,5)6/h9,13H,7-8H2,1-6H3. The smallest absolute Gasteiger partial charge is 0.0960 e. The maximum absolute atomic E-state index is 10.6. The molecule has 0 aromatic heterocycles. The second-order valence-corrected chi connectivity index (χ2v) is 6.18. The zero-order valence-electron chi connectivity index (χ0n) is 10.3. The highest BCUT2D eigenvalue weighted by atomic mass is 16.5. The first kappa shape index (κ1) is 12.0. The van der Waals surface area contributed by atoms with Gasteiger partial charge >= 0.3 is 0 Å². The van der Waals surface area contributed by atoms with Gasteiger partial charge in [-0.3, -0.25) is 0 Å². The minimum Gasteiger partial charge on any atom is -0.387 e. The summed E-state index contributed by atoms with van der Waals surface area (Å²) in [6, 6.07) is 0. The molecule has 0 aromatic rings. The molecule has 1 atom stereocenters. The van der Waals surface area contributed by atoms with Crippen molar-refractivity contribution in [3.8, 4) is 0 Å². The average Bonchev–Trinajstić information content (AvgIpc) is 1.91. The van der Waals surface area contributed by atoms with Crippen LogP contribution < -0.4 is 0 Å². The van der Waals surface area contributed by atoms with Gasteiger partial charge in [-0.15, -0.1) is 0 Å². The predicted octanol–water partition coefficient (Wildman–Crippen LogP) is 2.74. The molecule has 0 spiro atoms. The Morgan fingerprint density at radius 2 is 1.71 bits per heavy atom. The molecule has 1 heterocycles. The van der Waals surface area contributed by atoms with Crippen LogP contribution in [0.3, 0.4) is 0 Å². The lowest BCUT2D eigenvalue weighted by Gasteiger charge is -2.36. The Labute approximate surface area is 87.7 Å². The quantitative estimate of drug-likeness (QED) is 0.742. The third kappa shape index (κ3) is 2.12. The van der Waals surface area contributed by atoms with Crippen molar-refractivity contribution in [3.63, 3.8) is 0 Å². The van der Waals surface area contributed by atoms with E-state index in [1.807, 2.05) is 27.7 Å². The molecule has 84 valence electrons. The highest BCUT2D eigenvalue weighted by molar-refractivity contribution is 5.06. The zero-order valence-corrected chi connectivity index (χ0v) is 10.3. The molecule has 1 saturated heterocycles. The van der Waals surface area contributed by atoms with Crippen LogP contribution in [0, 0.1) is 5.92 Å². The Morgan fingerprint density at radius 3 is 2.00 bits per heavy atom. The Balaban J connectivity index is 2.87. The predicted molar refractivity (Wildman–Crippen MR) is 58.3 cm³/mol. The summed E-state index contributed by atoms with van der Waals surface area (Å²) >= 11 is 0. The first-order chi connectivity index (χ1) is 6.08. The van der Waals surface area contributed by atoms with Gasteiger partial charge in [-0.1, -0.05) is 13.8 Å². The lowest BCUT2D eigenvalue weighted by atomic mass is 9.77. The Hall–Kier alpha value is -0.0800. The first-order valence-corrected chi connectivity index (χ1v) is 5.51. The summed E-state index contributed by atoms with van der Waals surface area (Å²) in [4.78, 5) is 0. The second-order valence-electron chi connectivity index (χ2n) is 6.18. The highest BCUT2D eigenvalue weighted by Crippen LogP contribution is 2.47. The van der Waals surface area contributed by atoms with Gasteiger partial charge in [0.05, 0.1) is 16.8 Å². The van der Waals surface area contributed by atoms with Gasteiger partial charge in [0.2, 0.25) is 0 Å². The number of aliphatic hydroxyl groups is 1. The van der Waals surface area contributed by atoms with Crippen molar-refractivity contribution in [2.75, 3.05) is 0 Å². The van der Waals surface area contributed by atoms with Crippen LogP contribution in [0.15, 0.2) is 0 Å². The summed E-state index contributed by atoms with van der Waals surface area (Å²) in [5.41, 5.74) is -1.31. The van der Waals surface area contributed by atoms with Crippen molar-refractivity contribution < 1.29 is 9.84 Å². The SMILES string of the molecule is CC(C)CC1(O)CC(C)(C)OC1(C)C. The molecule has 0 aliphatic carbocycles. The minimum atomic E-state index is -0.676. The van der Waals surface area contributed by atoms with E-state index < -0.39 is 11.2 Å². The molecule has 1 aliphatic rings. The fourth-order valence-corrected chi connectivity index (χ4v) is 2.73. The zero-order chi connectivity index (χ0) is 11.2. The molecule has 1 N–H and O–H groups in total. The van der Waals surface area contributed by atoms with E-state index in [-0.39, 0.29) is 5.60 Å². The summed E-state index contributed by atoms with van der Waals surface area (Å²) < 4.78 is 5.90. The topological polar surface area (TPSA) is 29.5 Å². The highest BCUT2D eigenvalue weighted by Gasteiger charge is 2.56. The van der Waals surface area contributed by atoms with Gasteiger partial charge in [-0.05, 0) is 40.0 Å². The van der Waals surface area contributed by atoms with E-state index >= 15 is 0 Å². The van der Waals surface area contributed by atoms with Gasteiger partial charge in [0.1, 0.15) is 0 Å². The maximum atomic E-state index is 10.6. The van der Waals surface area contributed by atoms with E-state index in [1.54, 1.807) is 0 Å². The van der Waals surface area contributed by atoms with Gasteiger partial charge in [0.25, 0.3) is 0 Å². The lowest BCUT2D eigenvalue weighted by molar-refractivity contribution is -0.132. The van der Waals surface area contributed by atoms with Crippen LogP contribution in [-0.4, -0.2) is 21.9 Å². The van der Waals surface area contributed by atoms with E-state index in [2.05, 4.69) is 13.8 Å². The van der Waals surface area contributed by atoms with Crippen LogP contribution in [-0.2, 0) is 4.74 Å². The minimum absolute atomic E-state index is 0.201. The van der Waals surface area contributed by atoms with Crippen molar-refractivity contribution in [1.82, 2.24) is 0 Å². The molecule has 2 heteroatoms. The molecule has 14 heavy (non-hydrogen) atoms. The van der Waals surface area contributed by atoms with Crippen LogP contribution in [0.25, 0.3) is 0 Å². The molecule has 0 radical (unpaired) electrons. The molecule has 0 saturated carbocycles. The molecular weight excluding hydrogens is 176 g/mol. The number of rotatable bonds is 2. The summed E-state index contributed by atoms with van der Waals surface area (Å²) in [5, 5.41) is 10.6. The molecule has 1 fully saturated rings. The van der Waals surface area contributed by atoms with Crippen LogP contribution >= 0.6 is 0 Å². The van der Waals surface area contributed by atoms with E-state index in [1.165, 1.54) is 0 Å². The Morgan fingerprint density at radius 1 is 1.21 bits per heavy atom. The van der Waals surface area contributed by atoms with Crippen LogP contribution in [0.2, 0.25) is 0 Å². The summed E-state index contributed by atoms with van der Waals surface area (Å²) in [5.74, 6) is 0.497. The molecule has 0 aromatic carbocycles. The second kappa shape index (κ2) is 3.21. The van der Waals surface area contributed by atoms with Gasteiger partial charge in [0.15, 0.2) is 0 Å². The fraction of sp³-hybridized carbons (Fsp3) is 1.00. The van der Waals surface area contributed by atoms with Crippen LogP contribution in [0.1, 0.15) is 54.4 Å². The summed E-state index contributed by atoms with van der Waals surface area (Å²) in [7, 11) is 0. The third-order valence-corrected chi connectivity index (χ3v) is 3.12. The van der Waals surface area contributed by atoms with Crippen molar-refractivity contribution in [3.05, 3.63) is 0 Å². The molecule has 0 amide bonds. The molecular formula is C12H24O2. The number of ether oxygens (including phenoxy) is 1. The van der Waals surface area contributed by atoms with Crippen molar-refractivity contribution in [1.29, 1.82) is 0 Å². The Kier molecular flexibility index (Phi) is 2.75. The molecule has 0 bridgehead atoms. The van der Waals surface area contributed by atoms with Gasteiger partial charge in [-0.2, -0.15) is 0 Å². The fourth-order valence-electron chi connectivity index (χ4n) is 2.73. The molecule has 2 nitrogen and oxygen atoms in total. The average molecular weight is 200 g/mol. The van der Waals surface area contributed by atoms with Crippen molar-refractivity contribution >= 4 is 0 Å². The maximum Gasteiger partial charge on any atom is 0.0960 e. The van der Waals surface area contributed by atoms with Crippen LogP contribution in [0.4, 0.5) is 0 Å². The van der Waals surface area contributed by atoms with E-state index in [0.29, 0.717) is 5.92 Å². The van der Waals surface area contributed by atoms with E-state index in [4.69, 9.17) is 4.74 Å². The van der Waals surface area contributed by atoms with Crippen molar-refractivity contribution in [2.45, 2.75) is 71.2 Å². The summed E-state index contributed by atoms with van der Waals surface area (Å²) in [6.45, 7) is 12.4. The normalized spacial score (nSPS) is 35.1. The Bertz CT molecular complexity index is 218. The van der Waals surface area contributed by atoms with Gasteiger partial charge in [0, 0.05) is 6.42 Å². The van der Waals surface area contributed by atoms with E-state index in [9.17, 15) is 5.11 Å². The van der Waals surface area contributed by atoms with Crippen LogP contribution in [0.5, 0.6) is 0 Å². The van der Waals surface area contributed by atoms with Crippen molar-refractivity contribution in [2.24, 2.45) is 5.92 Å². The monoisotopic (exact) mass is 200 g/mol. The molecule has 1 unspecified atom stereocenters. The van der Waals surface area contributed by atoms with Gasteiger partial charge < -0.3 is 9.84 Å². The van der Waals surface area contributed by atoms with E-state index in [0.717, 1.165) is 12.8 Å². The molecule has 1 rings (SSSR count). The number of hydrogen-bond acceptors (Lipinski definition) is 2. The molecule has 1 aliphatic heterocycles. The first-order valence-electron chi connectivity index (χ1n) is 5.51. The third-order valence-electron chi connectivity index (χ3n) is 3.12. The largest absolute Gasteiger partial charge is 0.387 e. The number of hydrogen-bond donors (Lipinski definition) is 1.